The molecule has 0 unspecified atom stereocenters. The van der Waals surface area contributed by atoms with E-state index in [0.29, 0.717) is 12.3 Å². The van der Waals surface area contributed by atoms with Crippen molar-refractivity contribution < 1.29 is 4.79 Å². The minimum Gasteiger partial charge on any atom is -0.326 e. The number of carbonyl (C=O) groups is 1. The molecule has 0 aromatic heterocycles. The largest absolute Gasteiger partial charge is 0.326 e. The molecule has 0 aliphatic heterocycles. The first-order valence-electron chi connectivity index (χ1n) is 5.65. The van der Waals surface area contributed by atoms with Crippen LogP contribution in [-0.4, -0.2) is 11.8 Å². The third-order valence-electron chi connectivity index (χ3n) is 2.37. The molecular formula is C13H18ClNO. The van der Waals surface area contributed by atoms with Gasteiger partial charge in [0.05, 0.1) is 0 Å². The smallest absolute Gasteiger partial charge is 0.224 e. The molecule has 3 heteroatoms. The molecule has 1 amide bonds. The molecule has 0 heterocycles. The van der Waals surface area contributed by atoms with Crippen molar-refractivity contribution in [2.24, 2.45) is 0 Å². The first-order chi connectivity index (χ1) is 7.72. The van der Waals surface area contributed by atoms with E-state index in [2.05, 4.69) is 5.32 Å². The van der Waals surface area contributed by atoms with Crippen LogP contribution in [-0.2, 0) is 4.79 Å². The fraction of sp³-hybridized carbons (Fsp3) is 0.462. The third kappa shape index (κ3) is 5.17. The van der Waals surface area contributed by atoms with E-state index in [1.54, 1.807) is 0 Å². The lowest BCUT2D eigenvalue weighted by molar-refractivity contribution is -0.116. The first kappa shape index (κ1) is 13.0. The van der Waals surface area contributed by atoms with Gasteiger partial charge in [0, 0.05) is 18.0 Å². The molecule has 0 saturated carbocycles. The minimum absolute atomic E-state index is 0.0819. The highest BCUT2D eigenvalue weighted by molar-refractivity contribution is 6.17. The quantitative estimate of drug-likeness (QED) is 0.595. The molecule has 0 fully saturated rings. The molecule has 0 aliphatic carbocycles. The van der Waals surface area contributed by atoms with Gasteiger partial charge >= 0.3 is 0 Å². The van der Waals surface area contributed by atoms with Crippen LogP contribution in [0, 0.1) is 6.92 Å². The van der Waals surface area contributed by atoms with Crippen LogP contribution < -0.4 is 5.32 Å². The summed E-state index contributed by atoms with van der Waals surface area (Å²) >= 11 is 5.56. The Morgan fingerprint density at radius 3 is 2.50 bits per heavy atom. The molecule has 2 nitrogen and oxygen atoms in total. The fourth-order valence-corrected chi connectivity index (χ4v) is 1.61. The number of alkyl halides is 1. The van der Waals surface area contributed by atoms with Gasteiger partial charge in [0.15, 0.2) is 0 Å². The molecule has 1 N–H and O–H groups in total. The number of unbranched alkanes of at least 4 members (excludes halogenated alkanes) is 2. The molecule has 0 saturated heterocycles. The highest BCUT2D eigenvalue weighted by atomic mass is 35.5. The molecule has 0 spiro atoms. The van der Waals surface area contributed by atoms with E-state index in [0.717, 1.165) is 24.9 Å². The Hall–Kier alpha value is -1.02. The Balaban J connectivity index is 2.26. The Bertz CT molecular complexity index is 321. The van der Waals surface area contributed by atoms with Gasteiger partial charge in [0.25, 0.3) is 0 Å². The molecule has 1 aromatic carbocycles. The van der Waals surface area contributed by atoms with Crippen LogP contribution in [0.3, 0.4) is 0 Å². The number of rotatable bonds is 6. The van der Waals surface area contributed by atoms with Crippen LogP contribution >= 0.6 is 11.6 Å². The summed E-state index contributed by atoms with van der Waals surface area (Å²) in [7, 11) is 0. The molecule has 0 radical (unpaired) electrons. The van der Waals surface area contributed by atoms with Crippen LogP contribution in [0.25, 0.3) is 0 Å². The van der Waals surface area contributed by atoms with E-state index in [9.17, 15) is 4.79 Å². The van der Waals surface area contributed by atoms with Gasteiger partial charge in [-0.2, -0.15) is 0 Å². The predicted molar refractivity (Wildman–Crippen MR) is 69.0 cm³/mol. The number of amides is 1. The van der Waals surface area contributed by atoms with Crippen molar-refractivity contribution in [1.82, 2.24) is 0 Å². The second-order valence-corrected chi connectivity index (χ2v) is 4.29. The van der Waals surface area contributed by atoms with Gasteiger partial charge in [-0.05, 0) is 31.9 Å². The summed E-state index contributed by atoms with van der Waals surface area (Å²) in [5.74, 6) is 0.762. The van der Waals surface area contributed by atoms with Crippen molar-refractivity contribution in [1.29, 1.82) is 0 Å². The number of hydrogen-bond donors (Lipinski definition) is 1. The van der Waals surface area contributed by atoms with Gasteiger partial charge < -0.3 is 5.32 Å². The van der Waals surface area contributed by atoms with Crippen molar-refractivity contribution in [3.8, 4) is 0 Å². The zero-order valence-corrected chi connectivity index (χ0v) is 10.4. The lowest BCUT2D eigenvalue weighted by Crippen LogP contribution is -2.10. The standard InChI is InChI=1S/C13H18ClNO/c1-11-6-8-12(9-7-11)15-13(16)5-3-2-4-10-14/h6-9H,2-5,10H2,1H3,(H,15,16). The number of carbonyl (C=O) groups excluding carboxylic acids is 1. The maximum Gasteiger partial charge on any atom is 0.224 e. The minimum atomic E-state index is 0.0819. The van der Waals surface area contributed by atoms with Crippen molar-refractivity contribution in [3.63, 3.8) is 0 Å². The number of anilines is 1. The molecule has 88 valence electrons. The Labute approximate surface area is 102 Å². The fourth-order valence-electron chi connectivity index (χ4n) is 1.42. The van der Waals surface area contributed by atoms with Crippen LogP contribution in [0.2, 0.25) is 0 Å². The van der Waals surface area contributed by atoms with Gasteiger partial charge in [0.1, 0.15) is 0 Å². The summed E-state index contributed by atoms with van der Waals surface area (Å²) < 4.78 is 0. The van der Waals surface area contributed by atoms with E-state index in [-0.39, 0.29) is 5.91 Å². The second kappa shape index (κ2) is 7.29. The normalized spacial score (nSPS) is 10.1. The third-order valence-corrected chi connectivity index (χ3v) is 2.64. The molecule has 16 heavy (non-hydrogen) atoms. The summed E-state index contributed by atoms with van der Waals surface area (Å²) in [6.07, 6.45) is 3.49. The van der Waals surface area contributed by atoms with Crippen molar-refractivity contribution >= 4 is 23.2 Å². The zero-order chi connectivity index (χ0) is 11.8. The van der Waals surface area contributed by atoms with Gasteiger partial charge in [0.2, 0.25) is 5.91 Å². The molecular weight excluding hydrogens is 222 g/mol. The predicted octanol–water partition coefficient (Wildman–Crippen LogP) is 3.73. The van der Waals surface area contributed by atoms with Crippen LogP contribution in [0.5, 0.6) is 0 Å². The highest BCUT2D eigenvalue weighted by Gasteiger charge is 2.01. The topological polar surface area (TPSA) is 29.1 Å². The van der Waals surface area contributed by atoms with E-state index in [1.807, 2.05) is 31.2 Å². The molecule has 0 atom stereocenters. The lowest BCUT2D eigenvalue weighted by Gasteiger charge is -2.05. The van der Waals surface area contributed by atoms with Crippen molar-refractivity contribution in [2.45, 2.75) is 32.6 Å². The number of aryl methyl sites for hydroxylation is 1. The summed E-state index contributed by atoms with van der Waals surface area (Å²) in [6, 6.07) is 7.82. The van der Waals surface area contributed by atoms with Gasteiger partial charge in [-0.3, -0.25) is 4.79 Å². The second-order valence-electron chi connectivity index (χ2n) is 3.91. The van der Waals surface area contributed by atoms with E-state index >= 15 is 0 Å². The molecule has 1 aromatic rings. The molecule has 0 aliphatic rings. The van der Waals surface area contributed by atoms with E-state index in [4.69, 9.17) is 11.6 Å². The highest BCUT2D eigenvalue weighted by Crippen LogP contribution is 2.10. The van der Waals surface area contributed by atoms with Crippen LogP contribution in [0.15, 0.2) is 24.3 Å². The summed E-state index contributed by atoms with van der Waals surface area (Å²) in [4.78, 5) is 11.5. The number of hydrogen-bond acceptors (Lipinski definition) is 1. The Morgan fingerprint density at radius 2 is 1.88 bits per heavy atom. The summed E-state index contributed by atoms with van der Waals surface area (Å²) in [5, 5.41) is 2.87. The van der Waals surface area contributed by atoms with E-state index < -0.39 is 0 Å². The average Bonchev–Trinajstić information content (AvgIpc) is 2.28. The number of benzene rings is 1. The van der Waals surface area contributed by atoms with Gasteiger partial charge in [-0.25, -0.2) is 0 Å². The first-order valence-corrected chi connectivity index (χ1v) is 6.18. The van der Waals surface area contributed by atoms with Crippen LogP contribution in [0.4, 0.5) is 5.69 Å². The Kier molecular flexibility index (Phi) is 5.94. The summed E-state index contributed by atoms with van der Waals surface area (Å²) in [6.45, 7) is 2.03. The molecule has 1 rings (SSSR count). The lowest BCUT2D eigenvalue weighted by atomic mass is 10.2. The summed E-state index contributed by atoms with van der Waals surface area (Å²) in [5.41, 5.74) is 2.06. The monoisotopic (exact) mass is 239 g/mol. The molecule has 0 bridgehead atoms. The van der Waals surface area contributed by atoms with Crippen molar-refractivity contribution in [2.75, 3.05) is 11.2 Å². The van der Waals surface area contributed by atoms with E-state index in [1.165, 1.54) is 5.56 Å². The van der Waals surface area contributed by atoms with Crippen LogP contribution in [0.1, 0.15) is 31.2 Å². The van der Waals surface area contributed by atoms with Gasteiger partial charge in [-0.1, -0.05) is 24.1 Å². The maximum atomic E-state index is 11.5. The van der Waals surface area contributed by atoms with Gasteiger partial charge in [-0.15, -0.1) is 11.6 Å². The number of nitrogens with one attached hydrogen (secondary N) is 1. The van der Waals surface area contributed by atoms with Crippen molar-refractivity contribution in [3.05, 3.63) is 29.8 Å². The maximum absolute atomic E-state index is 11.5. The number of halogens is 1. The average molecular weight is 240 g/mol. The zero-order valence-electron chi connectivity index (χ0n) is 9.63. The Morgan fingerprint density at radius 1 is 1.19 bits per heavy atom. The SMILES string of the molecule is Cc1ccc(NC(=O)CCCCCCl)cc1.